The summed E-state index contributed by atoms with van der Waals surface area (Å²) in [7, 11) is 1.61. The number of rotatable bonds is 1. The molecule has 68 valence electrons. The van der Waals surface area contributed by atoms with Gasteiger partial charge in [-0.1, -0.05) is 31.5 Å². The number of ether oxygens (including phenoxy) is 1. The van der Waals surface area contributed by atoms with Crippen molar-refractivity contribution in [2.75, 3.05) is 7.11 Å². The largest absolute Gasteiger partial charge is 0.495 e. The molecule has 0 bridgehead atoms. The Balaban J connectivity index is 0.000000561. The fourth-order valence-corrected chi connectivity index (χ4v) is 0.962. The van der Waals surface area contributed by atoms with E-state index in [1.165, 1.54) is 0 Å². The summed E-state index contributed by atoms with van der Waals surface area (Å²) in [6, 6.07) is 5.68. The van der Waals surface area contributed by atoms with E-state index in [-0.39, 0.29) is 0 Å². The molecule has 0 unspecified atom stereocenters. The van der Waals surface area contributed by atoms with Gasteiger partial charge in [0.15, 0.2) is 0 Å². The highest BCUT2D eigenvalue weighted by Gasteiger charge is 1.97. The lowest BCUT2D eigenvalue weighted by molar-refractivity contribution is 0.414. The average molecular weight is 187 g/mol. The number of benzene rings is 1. The molecule has 0 atom stereocenters. The molecule has 0 aliphatic heterocycles. The van der Waals surface area contributed by atoms with E-state index in [0.717, 1.165) is 11.3 Å². The van der Waals surface area contributed by atoms with Crippen molar-refractivity contribution < 1.29 is 4.74 Å². The van der Waals surface area contributed by atoms with E-state index in [9.17, 15) is 0 Å². The van der Waals surface area contributed by atoms with Gasteiger partial charge >= 0.3 is 0 Å². The molecular weight excluding hydrogens is 172 g/mol. The van der Waals surface area contributed by atoms with Gasteiger partial charge in [0.2, 0.25) is 0 Å². The standard InChI is InChI=1S/C8H9ClO.C2H6/c1-6-3-4-7(9)8(5-6)10-2;1-2/h3-5H,1-2H3;1-2H3. The molecule has 0 aliphatic carbocycles. The van der Waals surface area contributed by atoms with Crippen LogP contribution in [0.1, 0.15) is 19.4 Å². The van der Waals surface area contributed by atoms with Crippen LogP contribution in [0.25, 0.3) is 0 Å². The van der Waals surface area contributed by atoms with Crippen LogP contribution in [0.2, 0.25) is 5.02 Å². The van der Waals surface area contributed by atoms with Crippen molar-refractivity contribution in [3.63, 3.8) is 0 Å². The molecule has 0 radical (unpaired) electrons. The van der Waals surface area contributed by atoms with Crippen LogP contribution in [0, 0.1) is 6.92 Å². The second-order valence-electron chi connectivity index (χ2n) is 2.14. The minimum absolute atomic E-state index is 0.660. The number of halogens is 1. The molecule has 1 aromatic carbocycles. The van der Waals surface area contributed by atoms with Crippen LogP contribution in [0.3, 0.4) is 0 Å². The zero-order valence-electron chi connectivity index (χ0n) is 8.02. The number of aryl methyl sites for hydroxylation is 1. The van der Waals surface area contributed by atoms with Crippen LogP contribution in [-0.4, -0.2) is 7.11 Å². The van der Waals surface area contributed by atoms with Crippen LogP contribution in [0.15, 0.2) is 18.2 Å². The Morgan fingerprint density at radius 1 is 1.25 bits per heavy atom. The second kappa shape index (κ2) is 5.90. The molecule has 0 saturated heterocycles. The third-order valence-electron chi connectivity index (χ3n) is 1.31. The minimum atomic E-state index is 0.660. The van der Waals surface area contributed by atoms with Crippen molar-refractivity contribution in [2.24, 2.45) is 0 Å². The molecule has 0 spiro atoms. The molecule has 0 fully saturated rings. The molecule has 12 heavy (non-hydrogen) atoms. The second-order valence-corrected chi connectivity index (χ2v) is 2.55. The third-order valence-corrected chi connectivity index (χ3v) is 1.62. The van der Waals surface area contributed by atoms with Crippen molar-refractivity contribution in [2.45, 2.75) is 20.8 Å². The maximum atomic E-state index is 5.77. The Morgan fingerprint density at radius 3 is 2.25 bits per heavy atom. The van der Waals surface area contributed by atoms with E-state index in [0.29, 0.717) is 5.02 Å². The van der Waals surface area contributed by atoms with E-state index in [4.69, 9.17) is 16.3 Å². The Labute approximate surface area is 79.3 Å². The first-order chi connectivity index (χ1) is 5.74. The zero-order valence-corrected chi connectivity index (χ0v) is 8.77. The van der Waals surface area contributed by atoms with Crippen LogP contribution >= 0.6 is 11.6 Å². The predicted octanol–water partition coefficient (Wildman–Crippen LogP) is 3.68. The molecule has 1 aromatic rings. The first-order valence-corrected chi connectivity index (χ1v) is 4.42. The van der Waals surface area contributed by atoms with Gasteiger partial charge in [-0.25, -0.2) is 0 Å². The SMILES string of the molecule is CC.COc1cc(C)ccc1Cl. The molecule has 0 aromatic heterocycles. The normalized spacial score (nSPS) is 8.42. The van der Waals surface area contributed by atoms with E-state index in [1.807, 2.05) is 39.0 Å². The molecule has 0 heterocycles. The predicted molar refractivity (Wildman–Crippen MR) is 54.1 cm³/mol. The van der Waals surface area contributed by atoms with Gasteiger partial charge < -0.3 is 4.74 Å². The van der Waals surface area contributed by atoms with Crippen LogP contribution < -0.4 is 4.74 Å². The number of hydrogen-bond acceptors (Lipinski definition) is 1. The number of methoxy groups -OCH3 is 1. The van der Waals surface area contributed by atoms with E-state index < -0.39 is 0 Å². The van der Waals surface area contributed by atoms with Crippen LogP contribution in [0.5, 0.6) is 5.75 Å². The van der Waals surface area contributed by atoms with E-state index in [1.54, 1.807) is 7.11 Å². The summed E-state index contributed by atoms with van der Waals surface area (Å²) in [5.41, 5.74) is 1.15. The van der Waals surface area contributed by atoms with Gasteiger partial charge in [-0.05, 0) is 24.6 Å². The highest BCUT2D eigenvalue weighted by molar-refractivity contribution is 6.32. The van der Waals surface area contributed by atoms with Gasteiger partial charge in [0.05, 0.1) is 12.1 Å². The van der Waals surface area contributed by atoms with E-state index >= 15 is 0 Å². The quantitative estimate of drug-likeness (QED) is 0.650. The Kier molecular flexibility index (Phi) is 5.56. The summed E-state index contributed by atoms with van der Waals surface area (Å²) in [6.45, 7) is 6.00. The van der Waals surface area contributed by atoms with Gasteiger partial charge in [-0.15, -0.1) is 0 Å². The van der Waals surface area contributed by atoms with Crippen molar-refractivity contribution in [1.29, 1.82) is 0 Å². The van der Waals surface area contributed by atoms with Crippen molar-refractivity contribution in [3.8, 4) is 5.75 Å². The van der Waals surface area contributed by atoms with Gasteiger partial charge in [0.25, 0.3) is 0 Å². The van der Waals surface area contributed by atoms with Crippen molar-refractivity contribution >= 4 is 11.6 Å². The zero-order chi connectivity index (χ0) is 9.56. The molecule has 0 amide bonds. The Bertz CT molecular complexity index is 233. The summed E-state index contributed by atoms with van der Waals surface area (Å²) in [6.07, 6.45) is 0. The van der Waals surface area contributed by atoms with Gasteiger partial charge in [-0.2, -0.15) is 0 Å². The summed E-state index contributed by atoms with van der Waals surface area (Å²) in [4.78, 5) is 0. The van der Waals surface area contributed by atoms with Crippen molar-refractivity contribution in [1.82, 2.24) is 0 Å². The monoisotopic (exact) mass is 186 g/mol. The molecule has 2 heteroatoms. The van der Waals surface area contributed by atoms with E-state index in [2.05, 4.69) is 0 Å². The number of hydrogen-bond donors (Lipinski definition) is 0. The summed E-state index contributed by atoms with van der Waals surface area (Å²) in [5, 5.41) is 0.660. The Hall–Kier alpha value is -0.690. The molecule has 1 rings (SSSR count). The maximum absolute atomic E-state index is 5.77. The highest BCUT2D eigenvalue weighted by atomic mass is 35.5. The fraction of sp³-hybridized carbons (Fsp3) is 0.400. The third kappa shape index (κ3) is 3.14. The van der Waals surface area contributed by atoms with Gasteiger partial charge in [0, 0.05) is 0 Å². The minimum Gasteiger partial charge on any atom is -0.495 e. The average Bonchev–Trinajstić information content (AvgIpc) is 2.13. The molecule has 0 N–H and O–H groups in total. The maximum Gasteiger partial charge on any atom is 0.137 e. The molecule has 0 saturated carbocycles. The first-order valence-electron chi connectivity index (χ1n) is 4.04. The first kappa shape index (κ1) is 11.3. The topological polar surface area (TPSA) is 9.23 Å². The lowest BCUT2D eigenvalue weighted by atomic mass is 10.2. The smallest absolute Gasteiger partial charge is 0.137 e. The summed E-state index contributed by atoms with van der Waals surface area (Å²) < 4.78 is 4.99. The highest BCUT2D eigenvalue weighted by Crippen LogP contribution is 2.24. The molecule has 0 aliphatic rings. The lowest BCUT2D eigenvalue weighted by Gasteiger charge is -2.01. The van der Waals surface area contributed by atoms with Crippen molar-refractivity contribution in [3.05, 3.63) is 28.8 Å². The summed E-state index contributed by atoms with van der Waals surface area (Å²) >= 11 is 5.77. The van der Waals surface area contributed by atoms with Gasteiger partial charge in [0.1, 0.15) is 5.75 Å². The van der Waals surface area contributed by atoms with Gasteiger partial charge in [-0.3, -0.25) is 0 Å². The molecule has 1 nitrogen and oxygen atoms in total. The molecular formula is C10H15ClO. The van der Waals surface area contributed by atoms with Crippen LogP contribution in [-0.2, 0) is 0 Å². The Morgan fingerprint density at radius 2 is 1.83 bits per heavy atom. The summed E-state index contributed by atoms with van der Waals surface area (Å²) in [5.74, 6) is 0.738. The fourth-order valence-electron chi connectivity index (χ4n) is 0.767. The lowest BCUT2D eigenvalue weighted by Crippen LogP contribution is -1.83. The van der Waals surface area contributed by atoms with Crippen LogP contribution in [0.4, 0.5) is 0 Å².